The Balaban J connectivity index is 2.49. The van der Waals surface area contributed by atoms with Gasteiger partial charge in [-0.2, -0.15) is 0 Å². The lowest BCUT2D eigenvalue weighted by Crippen LogP contribution is -2.51. The first kappa shape index (κ1) is 16.4. The van der Waals surface area contributed by atoms with Crippen molar-refractivity contribution in [1.29, 1.82) is 0 Å². The standard InChI is InChI=1S/C15H30N2O2/c1-6-15(4)7-9-17(10-8-15)11-13(14(18)19-5)16-12(2)3/h12-13,16H,6-11H2,1-5H3. The lowest BCUT2D eigenvalue weighted by molar-refractivity contribution is -0.144. The Morgan fingerprint density at radius 1 is 1.37 bits per heavy atom. The van der Waals surface area contributed by atoms with Crippen LogP contribution in [0.5, 0.6) is 0 Å². The molecular weight excluding hydrogens is 240 g/mol. The molecule has 1 N–H and O–H groups in total. The van der Waals surface area contributed by atoms with E-state index >= 15 is 0 Å². The maximum absolute atomic E-state index is 11.8. The van der Waals surface area contributed by atoms with E-state index in [9.17, 15) is 4.79 Å². The van der Waals surface area contributed by atoms with E-state index in [1.54, 1.807) is 0 Å². The molecule has 1 aliphatic heterocycles. The summed E-state index contributed by atoms with van der Waals surface area (Å²) in [6, 6.07) is 0.0748. The van der Waals surface area contributed by atoms with Gasteiger partial charge in [-0.15, -0.1) is 0 Å². The van der Waals surface area contributed by atoms with Crippen LogP contribution in [-0.2, 0) is 9.53 Å². The van der Waals surface area contributed by atoms with Crippen molar-refractivity contribution in [2.75, 3.05) is 26.7 Å². The monoisotopic (exact) mass is 270 g/mol. The molecule has 0 spiro atoms. The zero-order valence-electron chi connectivity index (χ0n) is 13.2. The molecule has 4 heteroatoms. The molecule has 0 saturated carbocycles. The predicted octanol–water partition coefficient (Wildman–Crippen LogP) is 2.04. The Kier molecular flexibility index (Phi) is 6.27. The molecule has 0 aliphatic carbocycles. The molecule has 0 radical (unpaired) electrons. The van der Waals surface area contributed by atoms with Crippen molar-refractivity contribution in [2.24, 2.45) is 5.41 Å². The van der Waals surface area contributed by atoms with E-state index in [1.807, 2.05) is 0 Å². The summed E-state index contributed by atoms with van der Waals surface area (Å²) in [4.78, 5) is 14.2. The Morgan fingerprint density at radius 3 is 2.37 bits per heavy atom. The number of piperidine rings is 1. The van der Waals surface area contributed by atoms with E-state index in [0.29, 0.717) is 5.41 Å². The van der Waals surface area contributed by atoms with Gasteiger partial charge in [0.2, 0.25) is 0 Å². The minimum absolute atomic E-state index is 0.155. The zero-order valence-corrected chi connectivity index (χ0v) is 13.2. The third-order valence-electron chi connectivity index (χ3n) is 4.38. The minimum atomic E-state index is -0.212. The fourth-order valence-electron chi connectivity index (χ4n) is 2.63. The van der Waals surface area contributed by atoms with Crippen LogP contribution in [0.1, 0.15) is 47.0 Å². The van der Waals surface area contributed by atoms with Crippen LogP contribution < -0.4 is 5.32 Å². The summed E-state index contributed by atoms with van der Waals surface area (Å²) in [5.74, 6) is -0.155. The van der Waals surface area contributed by atoms with Crippen LogP contribution in [0.15, 0.2) is 0 Å². The zero-order chi connectivity index (χ0) is 14.5. The highest BCUT2D eigenvalue weighted by Gasteiger charge is 2.30. The van der Waals surface area contributed by atoms with E-state index in [-0.39, 0.29) is 18.1 Å². The number of nitrogens with zero attached hydrogens (tertiary/aromatic N) is 1. The third kappa shape index (κ3) is 5.11. The SMILES string of the molecule is CCC1(C)CCN(CC(NC(C)C)C(=O)OC)CC1. The summed E-state index contributed by atoms with van der Waals surface area (Å²) < 4.78 is 4.89. The normalized spacial score (nSPS) is 21.4. The lowest BCUT2D eigenvalue weighted by atomic mass is 9.78. The summed E-state index contributed by atoms with van der Waals surface area (Å²) in [5, 5.41) is 3.30. The van der Waals surface area contributed by atoms with Crippen molar-refractivity contribution in [3.8, 4) is 0 Å². The van der Waals surface area contributed by atoms with Crippen LogP contribution in [0.3, 0.4) is 0 Å². The topological polar surface area (TPSA) is 41.6 Å². The average Bonchev–Trinajstić information content (AvgIpc) is 2.39. The number of hydrogen-bond acceptors (Lipinski definition) is 4. The van der Waals surface area contributed by atoms with Crippen molar-refractivity contribution in [1.82, 2.24) is 10.2 Å². The first-order chi connectivity index (χ1) is 8.90. The molecule has 1 saturated heterocycles. The number of carbonyl (C=O) groups excluding carboxylic acids is 1. The molecule has 19 heavy (non-hydrogen) atoms. The maximum atomic E-state index is 11.8. The fourth-order valence-corrected chi connectivity index (χ4v) is 2.63. The van der Waals surface area contributed by atoms with Crippen LogP contribution >= 0.6 is 0 Å². The van der Waals surface area contributed by atoms with Crippen LogP contribution in [-0.4, -0.2) is 49.7 Å². The van der Waals surface area contributed by atoms with Gasteiger partial charge in [0, 0.05) is 12.6 Å². The van der Waals surface area contributed by atoms with Gasteiger partial charge in [0.1, 0.15) is 6.04 Å². The molecule has 0 bridgehead atoms. The van der Waals surface area contributed by atoms with Crippen molar-refractivity contribution >= 4 is 5.97 Å². The number of nitrogens with one attached hydrogen (secondary N) is 1. The first-order valence-corrected chi connectivity index (χ1v) is 7.46. The third-order valence-corrected chi connectivity index (χ3v) is 4.38. The minimum Gasteiger partial charge on any atom is -0.468 e. The van der Waals surface area contributed by atoms with E-state index < -0.39 is 0 Å². The van der Waals surface area contributed by atoms with Gasteiger partial charge in [-0.1, -0.05) is 34.1 Å². The van der Waals surface area contributed by atoms with Gasteiger partial charge in [0.05, 0.1) is 7.11 Å². The van der Waals surface area contributed by atoms with Gasteiger partial charge in [-0.05, 0) is 31.3 Å². The predicted molar refractivity (Wildman–Crippen MR) is 78.1 cm³/mol. The van der Waals surface area contributed by atoms with Crippen LogP contribution in [0, 0.1) is 5.41 Å². The molecule has 4 nitrogen and oxygen atoms in total. The summed E-state index contributed by atoms with van der Waals surface area (Å²) in [6.07, 6.45) is 3.68. The Labute approximate surface area is 117 Å². The second kappa shape index (κ2) is 7.25. The van der Waals surface area contributed by atoms with E-state index in [2.05, 4.69) is 37.9 Å². The molecule has 0 aromatic rings. The number of ether oxygens (including phenoxy) is 1. The number of methoxy groups -OCH3 is 1. The highest BCUT2D eigenvalue weighted by Crippen LogP contribution is 2.33. The van der Waals surface area contributed by atoms with Gasteiger partial charge >= 0.3 is 5.97 Å². The highest BCUT2D eigenvalue weighted by atomic mass is 16.5. The molecule has 1 unspecified atom stereocenters. The number of rotatable bonds is 6. The summed E-state index contributed by atoms with van der Waals surface area (Å²) in [6.45, 7) is 11.7. The first-order valence-electron chi connectivity index (χ1n) is 7.46. The van der Waals surface area contributed by atoms with Crippen molar-refractivity contribution in [3.63, 3.8) is 0 Å². The number of esters is 1. The van der Waals surface area contributed by atoms with Crippen LogP contribution in [0.25, 0.3) is 0 Å². The highest BCUT2D eigenvalue weighted by molar-refractivity contribution is 5.76. The molecule has 0 amide bonds. The second-order valence-electron chi connectivity index (χ2n) is 6.36. The Bertz CT molecular complexity index is 284. The molecule has 1 rings (SSSR count). The Morgan fingerprint density at radius 2 is 1.95 bits per heavy atom. The Hall–Kier alpha value is -0.610. The van der Waals surface area contributed by atoms with Gasteiger partial charge in [0.15, 0.2) is 0 Å². The van der Waals surface area contributed by atoms with E-state index in [1.165, 1.54) is 26.4 Å². The molecule has 0 aromatic heterocycles. The van der Waals surface area contributed by atoms with Crippen molar-refractivity contribution < 1.29 is 9.53 Å². The lowest BCUT2D eigenvalue weighted by Gasteiger charge is -2.40. The summed E-state index contributed by atoms with van der Waals surface area (Å²) >= 11 is 0. The molecule has 0 aromatic carbocycles. The average molecular weight is 270 g/mol. The second-order valence-corrected chi connectivity index (χ2v) is 6.36. The van der Waals surface area contributed by atoms with E-state index in [0.717, 1.165) is 19.6 Å². The molecule has 112 valence electrons. The molecule has 1 atom stereocenters. The van der Waals surface area contributed by atoms with Gasteiger partial charge < -0.3 is 15.0 Å². The number of hydrogen-bond donors (Lipinski definition) is 1. The van der Waals surface area contributed by atoms with E-state index in [4.69, 9.17) is 4.74 Å². The van der Waals surface area contributed by atoms with Crippen LogP contribution in [0.2, 0.25) is 0 Å². The molecule has 1 heterocycles. The van der Waals surface area contributed by atoms with Crippen molar-refractivity contribution in [3.05, 3.63) is 0 Å². The van der Waals surface area contributed by atoms with Gasteiger partial charge in [-0.3, -0.25) is 4.79 Å². The van der Waals surface area contributed by atoms with Gasteiger partial charge in [-0.25, -0.2) is 0 Å². The van der Waals surface area contributed by atoms with Crippen molar-refractivity contribution in [2.45, 2.75) is 59.0 Å². The number of likely N-dealkylation sites (tertiary alicyclic amines) is 1. The quantitative estimate of drug-likeness (QED) is 0.750. The molecule has 1 fully saturated rings. The van der Waals surface area contributed by atoms with Crippen LogP contribution in [0.4, 0.5) is 0 Å². The smallest absolute Gasteiger partial charge is 0.324 e. The van der Waals surface area contributed by atoms with Gasteiger partial charge in [0.25, 0.3) is 0 Å². The largest absolute Gasteiger partial charge is 0.468 e. The summed E-state index contributed by atoms with van der Waals surface area (Å²) in [7, 11) is 1.46. The molecule has 1 aliphatic rings. The number of carbonyl (C=O) groups is 1. The maximum Gasteiger partial charge on any atom is 0.324 e. The summed E-state index contributed by atoms with van der Waals surface area (Å²) in [5.41, 5.74) is 0.489. The molecular formula is C15H30N2O2. The fraction of sp³-hybridized carbons (Fsp3) is 0.933.